The number of hydrogen-bond donors (Lipinski definition) is 0. The molecule has 4 nitrogen and oxygen atoms in total. The highest BCUT2D eigenvalue weighted by Crippen LogP contribution is 2.21. The van der Waals surface area contributed by atoms with Crippen LogP contribution in [0.1, 0.15) is 25.8 Å². The molecule has 1 heterocycles. The van der Waals surface area contributed by atoms with Crippen molar-refractivity contribution in [2.24, 2.45) is 5.92 Å². The van der Waals surface area contributed by atoms with E-state index in [1.807, 2.05) is 54.6 Å². The van der Waals surface area contributed by atoms with Crippen LogP contribution in [0.3, 0.4) is 0 Å². The van der Waals surface area contributed by atoms with Crippen molar-refractivity contribution in [3.05, 3.63) is 70.5 Å². The van der Waals surface area contributed by atoms with E-state index in [9.17, 15) is 4.79 Å². The fraction of sp³-hybridized carbons (Fsp3) is 0.300. The third-order valence-electron chi connectivity index (χ3n) is 3.97. The van der Waals surface area contributed by atoms with Crippen LogP contribution in [0.5, 0.6) is 5.88 Å². The monoisotopic (exact) mass is 322 g/mol. The van der Waals surface area contributed by atoms with E-state index >= 15 is 0 Å². The molecule has 0 N–H and O–H groups in total. The lowest BCUT2D eigenvalue weighted by Crippen LogP contribution is -2.24. The molecule has 0 unspecified atom stereocenters. The molecule has 0 bridgehead atoms. The lowest BCUT2D eigenvalue weighted by atomic mass is 10.1. The van der Waals surface area contributed by atoms with E-state index in [1.54, 1.807) is 0 Å². The van der Waals surface area contributed by atoms with E-state index < -0.39 is 0 Å². The molecule has 0 aliphatic heterocycles. The van der Waals surface area contributed by atoms with Crippen molar-refractivity contribution in [2.75, 3.05) is 0 Å². The summed E-state index contributed by atoms with van der Waals surface area (Å²) in [6, 6.07) is 17.4. The highest BCUT2D eigenvalue weighted by molar-refractivity contribution is 5.85. The molecule has 4 heteroatoms. The first-order chi connectivity index (χ1) is 11.6. The molecule has 0 saturated heterocycles. The Morgan fingerprint density at radius 3 is 2.38 bits per heavy atom. The van der Waals surface area contributed by atoms with Crippen molar-refractivity contribution in [1.82, 2.24) is 9.78 Å². The van der Waals surface area contributed by atoms with E-state index in [-0.39, 0.29) is 5.56 Å². The first kappa shape index (κ1) is 16.2. The minimum atomic E-state index is -0.0571. The van der Waals surface area contributed by atoms with Crippen LogP contribution in [0.15, 0.2) is 59.4 Å². The number of aromatic nitrogens is 2. The third-order valence-corrected chi connectivity index (χ3v) is 3.97. The average Bonchev–Trinajstić information content (AvgIpc) is 2.61. The lowest BCUT2D eigenvalue weighted by Gasteiger charge is -2.13. The van der Waals surface area contributed by atoms with Gasteiger partial charge in [0.25, 0.3) is 5.56 Å². The zero-order valence-corrected chi connectivity index (χ0v) is 14.1. The van der Waals surface area contributed by atoms with E-state index in [0.29, 0.717) is 30.3 Å². The molecular formula is C20H22N2O2. The van der Waals surface area contributed by atoms with Gasteiger partial charge in [-0.25, -0.2) is 4.68 Å². The Hall–Kier alpha value is -2.62. The minimum absolute atomic E-state index is 0.0571. The Morgan fingerprint density at radius 1 is 1.00 bits per heavy atom. The van der Waals surface area contributed by atoms with Gasteiger partial charge >= 0.3 is 0 Å². The first-order valence-corrected chi connectivity index (χ1v) is 8.31. The topological polar surface area (TPSA) is 44.1 Å². The van der Waals surface area contributed by atoms with E-state index in [2.05, 4.69) is 18.9 Å². The molecule has 3 rings (SSSR count). The second-order valence-electron chi connectivity index (χ2n) is 6.34. The number of ether oxygens (including phenoxy) is 1. The minimum Gasteiger partial charge on any atom is -0.471 e. The van der Waals surface area contributed by atoms with Crippen LogP contribution in [0.25, 0.3) is 10.8 Å². The van der Waals surface area contributed by atoms with Crippen molar-refractivity contribution >= 4 is 10.8 Å². The highest BCUT2D eigenvalue weighted by atomic mass is 16.5. The highest BCUT2D eigenvalue weighted by Gasteiger charge is 2.11. The Bertz CT molecular complexity index is 870. The van der Waals surface area contributed by atoms with Gasteiger partial charge in [-0.05, 0) is 30.0 Å². The summed E-state index contributed by atoms with van der Waals surface area (Å²) in [7, 11) is 0. The standard InChI is InChI=1S/C20H22N2O2/c1-15(2)12-13-22-20(23)18-11-7-6-10-17(18)19(21-22)24-14-16-8-4-3-5-9-16/h3-11,15H,12-14H2,1-2H3. The van der Waals surface area contributed by atoms with Gasteiger partial charge in [0.15, 0.2) is 0 Å². The molecule has 3 aromatic rings. The van der Waals surface area contributed by atoms with Crippen LogP contribution < -0.4 is 10.3 Å². The molecule has 0 aliphatic rings. The van der Waals surface area contributed by atoms with Crippen molar-refractivity contribution in [3.63, 3.8) is 0 Å². The maximum atomic E-state index is 12.6. The van der Waals surface area contributed by atoms with Gasteiger partial charge in [0.05, 0.1) is 10.8 Å². The van der Waals surface area contributed by atoms with Gasteiger partial charge in [-0.15, -0.1) is 5.10 Å². The Kier molecular flexibility index (Phi) is 4.94. The molecule has 0 radical (unpaired) electrons. The van der Waals surface area contributed by atoms with Crippen LogP contribution in [-0.2, 0) is 13.2 Å². The molecule has 0 aliphatic carbocycles. The van der Waals surface area contributed by atoms with Crippen molar-refractivity contribution in [1.29, 1.82) is 0 Å². The Morgan fingerprint density at radius 2 is 1.67 bits per heavy atom. The normalized spacial score (nSPS) is 11.1. The number of aryl methyl sites for hydroxylation is 1. The Labute approximate surface area is 141 Å². The summed E-state index contributed by atoms with van der Waals surface area (Å²) in [6.45, 7) is 5.31. The molecule has 0 spiro atoms. The molecule has 24 heavy (non-hydrogen) atoms. The summed E-state index contributed by atoms with van der Waals surface area (Å²) in [6.07, 6.45) is 0.906. The van der Waals surface area contributed by atoms with Gasteiger partial charge in [-0.2, -0.15) is 0 Å². The zero-order valence-electron chi connectivity index (χ0n) is 14.1. The number of fused-ring (bicyclic) bond motifs is 1. The summed E-state index contributed by atoms with van der Waals surface area (Å²) in [5, 5.41) is 5.88. The van der Waals surface area contributed by atoms with Gasteiger partial charge in [0.2, 0.25) is 5.88 Å². The molecule has 2 aromatic carbocycles. The summed E-state index contributed by atoms with van der Waals surface area (Å²) in [4.78, 5) is 12.6. The van der Waals surface area contributed by atoms with Crippen LogP contribution in [0, 0.1) is 5.92 Å². The smallest absolute Gasteiger partial charge is 0.274 e. The zero-order chi connectivity index (χ0) is 16.9. The van der Waals surface area contributed by atoms with Gasteiger partial charge in [0, 0.05) is 6.54 Å². The van der Waals surface area contributed by atoms with Crippen molar-refractivity contribution in [2.45, 2.75) is 33.4 Å². The van der Waals surface area contributed by atoms with Crippen LogP contribution in [0.2, 0.25) is 0 Å². The maximum Gasteiger partial charge on any atom is 0.274 e. The quantitative estimate of drug-likeness (QED) is 0.688. The number of benzene rings is 2. The van der Waals surface area contributed by atoms with Gasteiger partial charge in [-0.1, -0.05) is 56.3 Å². The Balaban J connectivity index is 1.95. The summed E-state index contributed by atoms with van der Waals surface area (Å²) < 4.78 is 7.47. The molecular weight excluding hydrogens is 300 g/mol. The van der Waals surface area contributed by atoms with Crippen LogP contribution >= 0.6 is 0 Å². The first-order valence-electron chi connectivity index (χ1n) is 8.31. The number of rotatable bonds is 6. The fourth-order valence-corrected chi connectivity index (χ4v) is 2.57. The summed E-state index contributed by atoms with van der Waals surface area (Å²) in [5.74, 6) is 1.02. The number of nitrogens with zero attached hydrogens (tertiary/aromatic N) is 2. The average molecular weight is 322 g/mol. The van der Waals surface area contributed by atoms with Crippen molar-refractivity contribution in [3.8, 4) is 5.88 Å². The molecule has 1 aromatic heterocycles. The van der Waals surface area contributed by atoms with E-state index in [4.69, 9.17) is 4.74 Å². The van der Waals surface area contributed by atoms with Gasteiger partial charge in [0.1, 0.15) is 6.61 Å². The summed E-state index contributed by atoms with van der Waals surface area (Å²) >= 11 is 0. The summed E-state index contributed by atoms with van der Waals surface area (Å²) in [5.41, 5.74) is 1.02. The van der Waals surface area contributed by atoms with Crippen molar-refractivity contribution < 1.29 is 4.74 Å². The van der Waals surface area contributed by atoms with Gasteiger partial charge in [-0.3, -0.25) is 4.79 Å². The molecule has 0 fully saturated rings. The van der Waals surface area contributed by atoms with E-state index in [1.165, 1.54) is 4.68 Å². The van der Waals surface area contributed by atoms with Crippen LogP contribution in [-0.4, -0.2) is 9.78 Å². The second-order valence-corrected chi connectivity index (χ2v) is 6.34. The second kappa shape index (κ2) is 7.30. The molecule has 0 saturated carbocycles. The largest absolute Gasteiger partial charge is 0.471 e. The third kappa shape index (κ3) is 3.65. The maximum absolute atomic E-state index is 12.6. The number of hydrogen-bond acceptors (Lipinski definition) is 3. The van der Waals surface area contributed by atoms with Gasteiger partial charge < -0.3 is 4.74 Å². The molecule has 0 amide bonds. The predicted molar refractivity (Wildman–Crippen MR) is 96.2 cm³/mol. The predicted octanol–water partition coefficient (Wildman–Crippen LogP) is 4.02. The SMILES string of the molecule is CC(C)CCn1nc(OCc2ccccc2)c2ccccc2c1=O. The van der Waals surface area contributed by atoms with E-state index in [0.717, 1.165) is 17.4 Å². The molecule has 124 valence electrons. The molecule has 0 atom stereocenters. The van der Waals surface area contributed by atoms with Crippen LogP contribution in [0.4, 0.5) is 0 Å². The lowest BCUT2D eigenvalue weighted by molar-refractivity contribution is 0.286. The fourth-order valence-electron chi connectivity index (χ4n) is 2.57.